The van der Waals surface area contributed by atoms with Crippen LogP contribution in [0.1, 0.15) is 71.8 Å². The van der Waals surface area contributed by atoms with Gasteiger partial charge in [-0.2, -0.15) is 0 Å². The molecular formula is C25H24O2. The molecule has 0 N–H and O–H groups in total. The van der Waals surface area contributed by atoms with E-state index in [0.29, 0.717) is 12.8 Å². The van der Waals surface area contributed by atoms with Gasteiger partial charge in [-0.1, -0.05) is 50.5 Å². The minimum absolute atomic E-state index is 0.0486. The third kappa shape index (κ3) is 4.09. The fourth-order valence-electron chi connectivity index (χ4n) is 3.57. The van der Waals surface area contributed by atoms with E-state index >= 15 is 0 Å². The smallest absolute Gasteiger partial charge is 0.163 e. The fraction of sp³-hybridized carbons (Fsp3) is 0.280. The molecule has 0 radical (unpaired) electrons. The van der Waals surface area contributed by atoms with Crippen LogP contribution in [-0.4, -0.2) is 11.6 Å². The van der Waals surface area contributed by atoms with Crippen molar-refractivity contribution >= 4 is 17.6 Å². The van der Waals surface area contributed by atoms with Crippen molar-refractivity contribution in [3.05, 3.63) is 76.4 Å². The standard InChI is InChI=1S/C25H24O2/c1-5-21-15-20(16-22-24(21)23(27)12-13-25(22,3)4)11-8-18-6-9-19(10-7-18)14-17(2)26/h5-7,9-10,15-16H,1,12-14H2,2-4H3. The van der Waals surface area contributed by atoms with Crippen LogP contribution in [0.2, 0.25) is 0 Å². The maximum Gasteiger partial charge on any atom is 0.163 e. The second kappa shape index (κ2) is 7.37. The summed E-state index contributed by atoms with van der Waals surface area (Å²) in [6, 6.07) is 11.8. The number of fused-ring (bicyclic) bond motifs is 1. The highest BCUT2D eigenvalue weighted by atomic mass is 16.1. The Kier molecular flexibility index (Phi) is 5.15. The summed E-state index contributed by atoms with van der Waals surface area (Å²) in [6.07, 6.45) is 3.63. The summed E-state index contributed by atoms with van der Waals surface area (Å²) < 4.78 is 0. The van der Waals surface area contributed by atoms with Gasteiger partial charge >= 0.3 is 0 Å². The quantitative estimate of drug-likeness (QED) is 0.716. The third-order valence-corrected chi connectivity index (χ3v) is 5.13. The highest BCUT2D eigenvalue weighted by Gasteiger charge is 2.33. The van der Waals surface area contributed by atoms with Gasteiger partial charge in [-0.05, 0) is 59.7 Å². The molecular weight excluding hydrogens is 332 g/mol. The molecule has 0 bridgehead atoms. The van der Waals surface area contributed by atoms with E-state index in [1.165, 1.54) is 0 Å². The second-order valence-electron chi connectivity index (χ2n) is 7.82. The van der Waals surface area contributed by atoms with Crippen LogP contribution in [-0.2, 0) is 16.6 Å². The highest BCUT2D eigenvalue weighted by Crippen LogP contribution is 2.39. The first-order valence-corrected chi connectivity index (χ1v) is 9.25. The molecule has 1 aliphatic carbocycles. The molecule has 0 aromatic heterocycles. The van der Waals surface area contributed by atoms with Crippen LogP contribution in [0.15, 0.2) is 43.0 Å². The lowest BCUT2D eigenvalue weighted by Crippen LogP contribution is -2.28. The highest BCUT2D eigenvalue weighted by molar-refractivity contribution is 6.02. The van der Waals surface area contributed by atoms with Crippen molar-refractivity contribution in [1.82, 2.24) is 0 Å². The van der Waals surface area contributed by atoms with E-state index in [2.05, 4.69) is 38.3 Å². The Morgan fingerprint density at radius 3 is 2.44 bits per heavy atom. The van der Waals surface area contributed by atoms with Gasteiger partial charge in [0.05, 0.1) is 0 Å². The molecule has 136 valence electrons. The predicted octanol–water partition coefficient (Wildman–Crippen LogP) is 5.12. The lowest BCUT2D eigenvalue weighted by molar-refractivity contribution is -0.116. The average Bonchev–Trinajstić information content (AvgIpc) is 2.63. The summed E-state index contributed by atoms with van der Waals surface area (Å²) in [5, 5.41) is 0. The zero-order valence-corrected chi connectivity index (χ0v) is 16.2. The number of hydrogen-bond donors (Lipinski definition) is 0. The monoisotopic (exact) mass is 356 g/mol. The zero-order chi connectivity index (χ0) is 19.6. The zero-order valence-electron chi connectivity index (χ0n) is 16.2. The molecule has 0 aliphatic heterocycles. The summed E-state index contributed by atoms with van der Waals surface area (Å²) >= 11 is 0. The van der Waals surface area contributed by atoms with Crippen LogP contribution in [0, 0.1) is 11.8 Å². The summed E-state index contributed by atoms with van der Waals surface area (Å²) in [4.78, 5) is 23.6. The molecule has 3 rings (SSSR count). The Labute approximate surface area is 161 Å². The van der Waals surface area contributed by atoms with E-state index in [4.69, 9.17) is 0 Å². The molecule has 2 aromatic carbocycles. The van der Waals surface area contributed by atoms with Gasteiger partial charge in [0.1, 0.15) is 5.78 Å². The molecule has 0 fully saturated rings. The van der Waals surface area contributed by atoms with E-state index in [0.717, 1.165) is 39.8 Å². The maximum absolute atomic E-state index is 12.4. The van der Waals surface area contributed by atoms with Gasteiger partial charge in [-0.25, -0.2) is 0 Å². The molecule has 2 aromatic rings. The van der Waals surface area contributed by atoms with Crippen molar-refractivity contribution in [3.8, 4) is 11.8 Å². The van der Waals surface area contributed by atoms with Crippen LogP contribution >= 0.6 is 0 Å². The van der Waals surface area contributed by atoms with Gasteiger partial charge in [0, 0.05) is 29.5 Å². The molecule has 0 spiro atoms. The molecule has 0 heterocycles. The average molecular weight is 356 g/mol. The van der Waals surface area contributed by atoms with Gasteiger partial charge in [0.15, 0.2) is 5.78 Å². The van der Waals surface area contributed by atoms with Gasteiger partial charge in [0.2, 0.25) is 0 Å². The summed E-state index contributed by atoms with van der Waals surface area (Å²) in [5.74, 6) is 6.75. The predicted molar refractivity (Wildman–Crippen MR) is 110 cm³/mol. The van der Waals surface area contributed by atoms with Crippen molar-refractivity contribution in [2.75, 3.05) is 0 Å². The Morgan fingerprint density at radius 1 is 1.15 bits per heavy atom. The van der Waals surface area contributed by atoms with E-state index < -0.39 is 0 Å². The molecule has 0 atom stereocenters. The van der Waals surface area contributed by atoms with E-state index in [-0.39, 0.29) is 17.0 Å². The summed E-state index contributed by atoms with van der Waals surface area (Å²) in [5.41, 5.74) is 5.47. The molecule has 0 amide bonds. The first-order valence-electron chi connectivity index (χ1n) is 9.25. The lowest BCUT2D eigenvalue weighted by atomic mass is 9.70. The lowest BCUT2D eigenvalue weighted by Gasteiger charge is -2.32. The number of Topliss-reactive ketones (excluding diaryl/α,β-unsaturated/α-hetero) is 2. The SMILES string of the molecule is C=Cc1cc(C#Cc2ccc(CC(C)=O)cc2)cc2c1C(=O)CCC2(C)C. The van der Waals surface area contributed by atoms with Gasteiger partial charge < -0.3 is 0 Å². The first kappa shape index (κ1) is 18.9. The van der Waals surface area contributed by atoms with E-state index in [1.54, 1.807) is 13.0 Å². The van der Waals surface area contributed by atoms with Crippen molar-refractivity contribution in [2.45, 2.75) is 45.4 Å². The Balaban J connectivity index is 1.97. The normalized spacial score (nSPS) is 14.7. The molecule has 2 heteroatoms. The molecule has 0 unspecified atom stereocenters. The van der Waals surface area contributed by atoms with E-state index in [1.807, 2.05) is 30.3 Å². The van der Waals surface area contributed by atoms with Crippen molar-refractivity contribution in [3.63, 3.8) is 0 Å². The third-order valence-electron chi connectivity index (χ3n) is 5.13. The van der Waals surface area contributed by atoms with Crippen molar-refractivity contribution < 1.29 is 9.59 Å². The first-order chi connectivity index (χ1) is 12.8. The van der Waals surface area contributed by atoms with Gasteiger partial charge in [-0.15, -0.1) is 0 Å². The minimum Gasteiger partial charge on any atom is -0.300 e. The van der Waals surface area contributed by atoms with Crippen LogP contribution in [0.25, 0.3) is 6.08 Å². The van der Waals surface area contributed by atoms with Gasteiger partial charge in [-0.3, -0.25) is 9.59 Å². The van der Waals surface area contributed by atoms with Crippen LogP contribution in [0.3, 0.4) is 0 Å². The van der Waals surface area contributed by atoms with Crippen molar-refractivity contribution in [2.24, 2.45) is 0 Å². The molecule has 0 saturated heterocycles. The molecule has 0 saturated carbocycles. The number of carbonyl (C=O) groups is 2. The van der Waals surface area contributed by atoms with Gasteiger partial charge in [0.25, 0.3) is 0 Å². The molecule has 2 nitrogen and oxygen atoms in total. The summed E-state index contributed by atoms with van der Waals surface area (Å²) in [6.45, 7) is 9.83. The largest absolute Gasteiger partial charge is 0.300 e. The number of benzene rings is 2. The van der Waals surface area contributed by atoms with Crippen LogP contribution < -0.4 is 0 Å². The van der Waals surface area contributed by atoms with Crippen LogP contribution in [0.5, 0.6) is 0 Å². The number of rotatable bonds is 3. The maximum atomic E-state index is 12.4. The van der Waals surface area contributed by atoms with E-state index in [9.17, 15) is 9.59 Å². The van der Waals surface area contributed by atoms with Crippen LogP contribution in [0.4, 0.5) is 0 Å². The fourth-order valence-corrected chi connectivity index (χ4v) is 3.57. The topological polar surface area (TPSA) is 34.1 Å². The Morgan fingerprint density at radius 2 is 1.81 bits per heavy atom. The molecule has 27 heavy (non-hydrogen) atoms. The summed E-state index contributed by atoms with van der Waals surface area (Å²) in [7, 11) is 0. The molecule has 1 aliphatic rings. The number of carbonyl (C=O) groups excluding carboxylic acids is 2. The number of hydrogen-bond acceptors (Lipinski definition) is 2. The number of ketones is 2. The minimum atomic E-state index is -0.0486. The Hall–Kier alpha value is -2.92. The van der Waals surface area contributed by atoms with Crippen molar-refractivity contribution in [1.29, 1.82) is 0 Å². The Bertz CT molecular complexity index is 979. The second-order valence-corrected chi connectivity index (χ2v) is 7.82.